The molecule has 1 aromatic heterocycles. The molecule has 3 rings (SSSR count). The Labute approximate surface area is 200 Å². The lowest BCUT2D eigenvalue weighted by Gasteiger charge is -2.09. The minimum atomic E-state index is -0.746. The van der Waals surface area contributed by atoms with Crippen LogP contribution in [0.1, 0.15) is 13.8 Å². The topological polar surface area (TPSA) is 128 Å². The Morgan fingerprint density at radius 3 is 1.97 bits per heavy atom. The van der Waals surface area contributed by atoms with Crippen LogP contribution in [0.3, 0.4) is 0 Å². The summed E-state index contributed by atoms with van der Waals surface area (Å²) in [5.74, 6) is -1.13. The van der Waals surface area contributed by atoms with Crippen molar-refractivity contribution in [3.8, 4) is 22.6 Å². The number of benzene rings is 2. The molecular weight excluding hydrogens is 460 g/mol. The lowest BCUT2D eigenvalue weighted by molar-refractivity contribution is -0.159. The van der Waals surface area contributed by atoms with Crippen LogP contribution in [0.15, 0.2) is 57.9 Å². The molecule has 184 valence electrons. The van der Waals surface area contributed by atoms with Gasteiger partial charge in [0.15, 0.2) is 25.2 Å². The van der Waals surface area contributed by atoms with Crippen LogP contribution in [0, 0.1) is 0 Å². The fourth-order valence-corrected chi connectivity index (χ4v) is 3.00. The number of hydrogen-bond acceptors (Lipinski definition) is 10. The molecule has 0 bridgehead atoms. The first kappa shape index (κ1) is 25.3. The van der Waals surface area contributed by atoms with E-state index in [-0.39, 0.29) is 36.6 Å². The summed E-state index contributed by atoms with van der Waals surface area (Å²) in [5, 5.41) is 0.322. The molecule has 1 heterocycles. The third-order valence-electron chi connectivity index (χ3n) is 4.59. The summed E-state index contributed by atoms with van der Waals surface area (Å²) in [6, 6.07) is 11.2. The van der Waals surface area contributed by atoms with E-state index >= 15 is 0 Å². The van der Waals surface area contributed by atoms with Gasteiger partial charge in [0.1, 0.15) is 23.3 Å². The van der Waals surface area contributed by atoms with E-state index in [9.17, 15) is 19.2 Å². The second-order valence-corrected chi connectivity index (χ2v) is 7.01. The standard InChI is InChI=1S/C25H24O10/c1-3-30-22(26)13-32-17-7-5-16(6-8-17)20-12-34-21-11-18(9-10-19(21)25(20)29)33-14-24(28)35-15-23(27)31-4-2/h5-12H,3-4,13-15H2,1-2H3. The normalized spacial score (nSPS) is 10.5. The van der Waals surface area contributed by atoms with Gasteiger partial charge in [0, 0.05) is 6.07 Å². The van der Waals surface area contributed by atoms with Gasteiger partial charge in [-0.25, -0.2) is 14.4 Å². The van der Waals surface area contributed by atoms with Gasteiger partial charge in [-0.1, -0.05) is 12.1 Å². The van der Waals surface area contributed by atoms with Crippen LogP contribution >= 0.6 is 0 Å². The van der Waals surface area contributed by atoms with Gasteiger partial charge in [0.2, 0.25) is 0 Å². The molecule has 10 heteroatoms. The molecule has 0 aliphatic rings. The number of ether oxygens (including phenoxy) is 5. The number of carbonyl (C=O) groups is 3. The maximum atomic E-state index is 13.0. The molecule has 10 nitrogen and oxygen atoms in total. The predicted octanol–water partition coefficient (Wildman–Crippen LogP) is 2.89. The average Bonchev–Trinajstić information content (AvgIpc) is 2.86. The highest BCUT2D eigenvalue weighted by Gasteiger charge is 2.13. The molecule has 2 aromatic carbocycles. The minimum Gasteiger partial charge on any atom is -0.482 e. The van der Waals surface area contributed by atoms with Crippen molar-refractivity contribution < 1.29 is 42.5 Å². The van der Waals surface area contributed by atoms with E-state index in [4.69, 9.17) is 23.4 Å². The van der Waals surface area contributed by atoms with E-state index in [1.807, 2.05) is 0 Å². The Hall–Kier alpha value is -4.34. The van der Waals surface area contributed by atoms with Crippen molar-refractivity contribution in [3.63, 3.8) is 0 Å². The van der Waals surface area contributed by atoms with E-state index in [0.29, 0.717) is 22.3 Å². The molecule has 0 atom stereocenters. The van der Waals surface area contributed by atoms with Crippen LogP contribution < -0.4 is 14.9 Å². The number of carbonyl (C=O) groups excluding carboxylic acids is 3. The Balaban J connectivity index is 1.65. The average molecular weight is 484 g/mol. The molecule has 0 spiro atoms. The maximum Gasteiger partial charge on any atom is 0.344 e. The second-order valence-electron chi connectivity index (χ2n) is 7.01. The molecule has 0 N–H and O–H groups in total. The molecule has 35 heavy (non-hydrogen) atoms. The van der Waals surface area contributed by atoms with Crippen LogP contribution in [0.5, 0.6) is 11.5 Å². The SMILES string of the molecule is CCOC(=O)COC(=O)COc1ccc2c(=O)c(-c3ccc(OCC(=O)OCC)cc3)coc2c1. The Morgan fingerprint density at radius 2 is 1.31 bits per heavy atom. The van der Waals surface area contributed by atoms with Crippen LogP contribution in [-0.2, 0) is 28.6 Å². The summed E-state index contributed by atoms with van der Waals surface area (Å²) in [7, 11) is 0. The molecule has 0 radical (unpaired) electrons. The highest BCUT2D eigenvalue weighted by atomic mass is 16.6. The van der Waals surface area contributed by atoms with E-state index in [1.54, 1.807) is 38.1 Å². The number of fused-ring (bicyclic) bond motifs is 1. The van der Waals surface area contributed by atoms with Crippen molar-refractivity contribution >= 4 is 28.9 Å². The molecule has 0 aliphatic heterocycles. The monoisotopic (exact) mass is 484 g/mol. The molecule has 0 fully saturated rings. The number of rotatable bonds is 11. The van der Waals surface area contributed by atoms with Crippen LogP contribution in [0.2, 0.25) is 0 Å². The summed E-state index contributed by atoms with van der Waals surface area (Å²) in [4.78, 5) is 47.3. The van der Waals surface area contributed by atoms with Crippen LogP contribution in [-0.4, -0.2) is 50.9 Å². The predicted molar refractivity (Wildman–Crippen MR) is 123 cm³/mol. The second kappa shape index (κ2) is 12.2. The lowest BCUT2D eigenvalue weighted by Crippen LogP contribution is -2.20. The summed E-state index contributed by atoms with van der Waals surface area (Å²) in [6.07, 6.45) is 1.33. The fraction of sp³-hybridized carbons (Fsp3) is 0.280. The zero-order valence-electron chi connectivity index (χ0n) is 19.2. The van der Waals surface area contributed by atoms with Crippen molar-refractivity contribution in [2.75, 3.05) is 33.0 Å². The largest absolute Gasteiger partial charge is 0.482 e. The Bertz CT molecular complexity index is 1240. The molecule has 0 amide bonds. The van der Waals surface area contributed by atoms with Crippen molar-refractivity contribution in [2.24, 2.45) is 0 Å². The molecule has 0 saturated heterocycles. The Kier molecular flexibility index (Phi) is 8.82. The van der Waals surface area contributed by atoms with Gasteiger partial charge in [-0.3, -0.25) is 4.79 Å². The molecule has 0 aliphatic carbocycles. The minimum absolute atomic E-state index is 0.188. The molecule has 3 aromatic rings. The summed E-state index contributed by atoms with van der Waals surface area (Å²) >= 11 is 0. The molecule has 0 unspecified atom stereocenters. The molecular formula is C25H24O10. The van der Waals surface area contributed by atoms with Gasteiger partial charge < -0.3 is 28.1 Å². The highest BCUT2D eigenvalue weighted by molar-refractivity contribution is 5.83. The fourth-order valence-electron chi connectivity index (χ4n) is 3.00. The highest BCUT2D eigenvalue weighted by Crippen LogP contribution is 2.24. The number of hydrogen-bond donors (Lipinski definition) is 0. The third kappa shape index (κ3) is 7.07. The van der Waals surface area contributed by atoms with Crippen molar-refractivity contribution in [3.05, 3.63) is 59.0 Å². The van der Waals surface area contributed by atoms with Gasteiger partial charge >= 0.3 is 17.9 Å². The first-order chi connectivity index (χ1) is 16.9. The van der Waals surface area contributed by atoms with Gasteiger partial charge in [-0.05, 0) is 43.7 Å². The maximum absolute atomic E-state index is 13.0. The van der Waals surface area contributed by atoms with Gasteiger partial charge in [0.05, 0.1) is 24.2 Å². The summed E-state index contributed by atoms with van der Waals surface area (Å²) in [6.45, 7) is 2.68. The van der Waals surface area contributed by atoms with E-state index < -0.39 is 31.1 Å². The first-order valence-electron chi connectivity index (χ1n) is 10.8. The smallest absolute Gasteiger partial charge is 0.344 e. The van der Waals surface area contributed by atoms with Gasteiger partial charge in [-0.15, -0.1) is 0 Å². The first-order valence-corrected chi connectivity index (χ1v) is 10.8. The van der Waals surface area contributed by atoms with Gasteiger partial charge in [-0.2, -0.15) is 0 Å². The molecule has 0 saturated carbocycles. The van der Waals surface area contributed by atoms with Crippen LogP contribution in [0.4, 0.5) is 0 Å². The Morgan fingerprint density at radius 1 is 0.743 bits per heavy atom. The third-order valence-corrected chi connectivity index (χ3v) is 4.59. The van der Waals surface area contributed by atoms with Crippen LogP contribution in [0.25, 0.3) is 22.1 Å². The van der Waals surface area contributed by atoms with E-state index in [2.05, 4.69) is 4.74 Å². The quantitative estimate of drug-likeness (QED) is 0.296. The van der Waals surface area contributed by atoms with Gasteiger partial charge in [0.25, 0.3) is 0 Å². The zero-order chi connectivity index (χ0) is 25.2. The zero-order valence-corrected chi connectivity index (χ0v) is 19.2. The van der Waals surface area contributed by atoms with Crippen molar-refractivity contribution in [2.45, 2.75) is 13.8 Å². The lowest BCUT2D eigenvalue weighted by atomic mass is 10.1. The summed E-state index contributed by atoms with van der Waals surface area (Å²) in [5.41, 5.74) is 0.955. The number of esters is 3. The van der Waals surface area contributed by atoms with E-state index in [0.717, 1.165) is 0 Å². The summed E-state index contributed by atoms with van der Waals surface area (Å²) < 4.78 is 30.6. The van der Waals surface area contributed by atoms with E-state index in [1.165, 1.54) is 24.5 Å². The van der Waals surface area contributed by atoms with Crippen molar-refractivity contribution in [1.82, 2.24) is 0 Å². The van der Waals surface area contributed by atoms with Crippen molar-refractivity contribution in [1.29, 1.82) is 0 Å².